The van der Waals surface area contributed by atoms with E-state index in [0.29, 0.717) is 0 Å². The second-order valence-electron chi connectivity index (χ2n) is 3.79. The maximum Gasteiger partial charge on any atom is 0.119 e. The molecule has 0 spiro atoms. The zero-order valence-corrected chi connectivity index (χ0v) is 11.3. The van der Waals surface area contributed by atoms with Gasteiger partial charge in [-0.2, -0.15) is 0 Å². The van der Waals surface area contributed by atoms with E-state index in [1.165, 1.54) is 5.56 Å². The largest absolute Gasteiger partial charge is 0.497 e. The van der Waals surface area contributed by atoms with Gasteiger partial charge in [0.15, 0.2) is 0 Å². The standard InChI is InChI=1S/C12H16N2O.BrH/c1-13-6-7-14(10-13)9-11-4-3-5-12(8-11)15-2;/h3-8H,9-10H2,1-2H3;1H. The quantitative estimate of drug-likeness (QED) is 0.848. The van der Waals surface area contributed by atoms with Crippen LogP contribution in [-0.4, -0.2) is 30.6 Å². The van der Waals surface area contributed by atoms with E-state index in [4.69, 9.17) is 4.74 Å². The van der Waals surface area contributed by atoms with Crippen molar-refractivity contribution in [2.24, 2.45) is 0 Å². The molecule has 0 radical (unpaired) electrons. The topological polar surface area (TPSA) is 15.7 Å². The van der Waals surface area contributed by atoms with Gasteiger partial charge in [0.25, 0.3) is 0 Å². The lowest BCUT2D eigenvalue weighted by Crippen LogP contribution is -2.21. The summed E-state index contributed by atoms with van der Waals surface area (Å²) in [5.41, 5.74) is 1.27. The van der Waals surface area contributed by atoms with Gasteiger partial charge in [-0.05, 0) is 17.7 Å². The first-order valence-corrected chi connectivity index (χ1v) is 5.03. The Balaban J connectivity index is 0.00000128. The summed E-state index contributed by atoms with van der Waals surface area (Å²) in [4.78, 5) is 4.41. The van der Waals surface area contributed by atoms with Crippen molar-refractivity contribution in [1.82, 2.24) is 9.80 Å². The van der Waals surface area contributed by atoms with E-state index in [9.17, 15) is 0 Å². The minimum atomic E-state index is 0. The fourth-order valence-electron chi connectivity index (χ4n) is 1.70. The number of halogens is 1. The molecule has 0 saturated heterocycles. The van der Waals surface area contributed by atoms with Crippen LogP contribution in [-0.2, 0) is 6.54 Å². The number of nitrogens with zero attached hydrogens (tertiary/aromatic N) is 2. The van der Waals surface area contributed by atoms with Crippen LogP contribution in [0.5, 0.6) is 5.75 Å². The average molecular weight is 285 g/mol. The third kappa shape index (κ3) is 3.17. The lowest BCUT2D eigenvalue weighted by Gasteiger charge is -2.18. The van der Waals surface area contributed by atoms with E-state index in [1.54, 1.807) is 7.11 Å². The number of hydrogen-bond acceptors (Lipinski definition) is 3. The summed E-state index contributed by atoms with van der Waals surface area (Å²) in [6.07, 6.45) is 4.19. The lowest BCUT2D eigenvalue weighted by atomic mass is 10.2. The molecule has 0 aromatic heterocycles. The Kier molecular flexibility index (Phi) is 4.68. The fraction of sp³-hybridized carbons (Fsp3) is 0.333. The van der Waals surface area contributed by atoms with Crippen molar-refractivity contribution < 1.29 is 4.74 Å². The predicted molar refractivity (Wildman–Crippen MR) is 70.6 cm³/mol. The van der Waals surface area contributed by atoms with Gasteiger partial charge in [0.2, 0.25) is 0 Å². The Morgan fingerprint density at radius 1 is 1.31 bits per heavy atom. The van der Waals surface area contributed by atoms with Crippen molar-refractivity contribution in [3.8, 4) is 5.75 Å². The summed E-state index contributed by atoms with van der Waals surface area (Å²) < 4.78 is 5.19. The summed E-state index contributed by atoms with van der Waals surface area (Å²) in [5.74, 6) is 0.920. The molecule has 0 unspecified atom stereocenters. The molecule has 4 heteroatoms. The van der Waals surface area contributed by atoms with E-state index in [1.807, 2.05) is 12.1 Å². The van der Waals surface area contributed by atoms with Gasteiger partial charge in [0.05, 0.1) is 13.8 Å². The molecule has 2 rings (SSSR count). The molecule has 1 aromatic rings. The van der Waals surface area contributed by atoms with Gasteiger partial charge in [-0.1, -0.05) is 12.1 Å². The van der Waals surface area contributed by atoms with Crippen LogP contribution in [0.2, 0.25) is 0 Å². The number of benzene rings is 1. The molecule has 88 valence electrons. The highest BCUT2D eigenvalue weighted by Crippen LogP contribution is 2.16. The molecule has 1 heterocycles. The highest BCUT2D eigenvalue weighted by molar-refractivity contribution is 8.93. The Hall–Kier alpha value is -1.16. The fourth-order valence-corrected chi connectivity index (χ4v) is 1.70. The summed E-state index contributed by atoms with van der Waals surface area (Å²) in [7, 11) is 3.77. The van der Waals surface area contributed by atoms with Gasteiger partial charge in [-0.25, -0.2) is 0 Å². The first kappa shape index (κ1) is 12.9. The maximum absolute atomic E-state index is 5.19. The van der Waals surface area contributed by atoms with Gasteiger partial charge < -0.3 is 14.5 Å². The van der Waals surface area contributed by atoms with Crippen LogP contribution in [0.4, 0.5) is 0 Å². The number of methoxy groups -OCH3 is 1. The van der Waals surface area contributed by atoms with Crippen LogP contribution in [0.3, 0.4) is 0 Å². The smallest absolute Gasteiger partial charge is 0.119 e. The summed E-state index contributed by atoms with van der Waals surface area (Å²) in [6.45, 7) is 1.88. The van der Waals surface area contributed by atoms with Crippen LogP contribution in [0.1, 0.15) is 5.56 Å². The molecule has 1 aliphatic rings. The molecule has 0 N–H and O–H groups in total. The normalized spacial score (nSPS) is 13.9. The average Bonchev–Trinajstić information content (AvgIpc) is 2.64. The Labute approximate surface area is 107 Å². The lowest BCUT2D eigenvalue weighted by molar-refractivity contribution is 0.290. The zero-order valence-electron chi connectivity index (χ0n) is 9.59. The van der Waals surface area contributed by atoms with E-state index in [2.05, 4.69) is 41.4 Å². The Morgan fingerprint density at radius 2 is 2.12 bits per heavy atom. The highest BCUT2D eigenvalue weighted by Gasteiger charge is 2.08. The second kappa shape index (κ2) is 5.80. The molecule has 0 atom stereocenters. The van der Waals surface area contributed by atoms with Gasteiger partial charge in [-0.3, -0.25) is 0 Å². The monoisotopic (exact) mass is 284 g/mol. The molecule has 3 nitrogen and oxygen atoms in total. The van der Waals surface area contributed by atoms with Crippen molar-refractivity contribution in [2.75, 3.05) is 20.8 Å². The summed E-state index contributed by atoms with van der Waals surface area (Å²) >= 11 is 0. The van der Waals surface area contributed by atoms with Crippen molar-refractivity contribution in [2.45, 2.75) is 6.54 Å². The zero-order chi connectivity index (χ0) is 10.7. The molecule has 1 aromatic carbocycles. The van der Waals surface area contributed by atoms with Gasteiger partial charge >= 0.3 is 0 Å². The highest BCUT2D eigenvalue weighted by atomic mass is 79.9. The Morgan fingerprint density at radius 3 is 2.75 bits per heavy atom. The number of ether oxygens (including phenoxy) is 1. The van der Waals surface area contributed by atoms with Gasteiger partial charge in [0, 0.05) is 26.0 Å². The molecular weight excluding hydrogens is 268 g/mol. The maximum atomic E-state index is 5.19. The van der Waals surface area contributed by atoms with Crippen molar-refractivity contribution in [3.05, 3.63) is 42.2 Å². The molecule has 16 heavy (non-hydrogen) atoms. The van der Waals surface area contributed by atoms with E-state index in [0.717, 1.165) is 19.0 Å². The third-order valence-corrected chi connectivity index (χ3v) is 2.46. The van der Waals surface area contributed by atoms with Crippen LogP contribution in [0.15, 0.2) is 36.7 Å². The van der Waals surface area contributed by atoms with Crippen LogP contribution in [0, 0.1) is 0 Å². The third-order valence-electron chi connectivity index (χ3n) is 2.46. The van der Waals surface area contributed by atoms with E-state index < -0.39 is 0 Å². The number of hydrogen-bond donors (Lipinski definition) is 0. The predicted octanol–water partition coefficient (Wildman–Crippen LogP) is 2.45. The molecule has 0 amide bonds. The van der Waals surface area contributed by atoms with Crippen molar-refractivity contribution in [1.29, 1.82) is 0 Å². The SMILES string of the molecule is Br.COc1cccc(CN2C=CN(C)C2)c1. The van der Waals surface area contributed by atoms with E-state index in [-0.39, 0.29) is 17.0 Å². The number of rotatable bonds is 3. The van der Waals surface area contributed by atoms with Crippen LogP contribution >= 0.6 is 17.0 Å². The van der Waals surface area contributed by atoms with Crippen LogP contribution in [0.25, 0.3) is 0 Å². The molecular formula is C12H17BrN2O. The Bertz CT molecular complexity index is 368. The minimum absolute atomic E-state index is 0. The first-order chi connectivity index (χ1) is 7.28. The van der Waals surface area contributed by atoms with Gasteiger partial charge in [-0.15, -0.1) is 17.0 Å². The molecule has 0 aliphatic carbocycles. The molecule has 1 aliphatic heterocycles. The van der Waals surface area contributed by atoms with Gasteiger partial charge in [0.1, 0.15) is 5.75 Å². The molecule has 0 bridgehead atoms. The molecule has 0 fully saturated rings. The van der Waals surface area contributed by atoms with E-state index >= 15 is 0 Å². The van der Waals surface area contributed by atoms with Crippen molar-refractivity contribution in [3.63, 3.8) is 0 Å². The molecule has 0 saturated carbocycles. The summed E-state index contributed by atoms with van der Waals surface area (Å²) in [6, 6.07) is 8.19. The van der Waals surface area contributed by atoms with Crippen LogP contribution < -0.4 is 4.74 Å². The van der Waals surface area contributed by atoms with Crippen molar-refractivity contribution >= 4 is 17.0 Å². The summed E-state index contributed by atoms with van der Waals surface area (Å²) in [5, 5.41) is 0. The first-order valence-electron chi connectivity index (χ1n) is 5.03. The second-order valence-corrected chi connectivity index (χ2v) is 3.79. The minimum Gasteiger partial charge on any atom is -0.497 e.